The van der Waals surface area contributed by atoms with Crippen LogP contribution in [0.15, 0.2) is 62.5 Å². The Balaban J connectivity index is 2.63. The highest BCUT2D eigenvalue weighted by Gasteiger charge is 2.11. The number of rotatable bonds is 0. The maximum Gasteiger partial charge on any atom is 0.346 e. The molecule has 3 nitrogen and oxygen atoms in total. The van der Waals surface area contributed by atoms with Crippen molar-refractivity contribution in [3.63, 3.8) is 0 Å². The summed E-state index contributed by atoms with van der Waals surface area (Å²) in [7, 11) is 0. The highest BCUT2D eigenvalue weighted by molar-refractivity contribution is 6.21. The maximum atomic E-state index is 12.0. The smallest absolute Gasteiger partial charge is 0.346 e. The van der Waals surface area contributed by atoms with Gasteiger partial charge in [-0.2, -0.15) is 0 Å². The second-order valence-electron chi connectivity index (χ2n) is 4.55. The minimum absolute atomic E-state index is 0.446. The Bertz CT molecular complexity index is 961. The van der Waals surface area contributed by atoms with Crippen molar-refractivity contribution in [2.45, 2.75) is 0 Å². The molecule has 1 aromatic heterocycles. The summed E-state index contributed by atoms with van der Waals surface area (Å²) in [6.45, 7) is 0. The zero-order chi connectivity index (χ0) is 13.0. The van der Waals surface area contributed by atoms with Crippen molar-refractivity contribution in [2.24, 2.45) is 0 Å². The van der Waals surface area contributed by atoms with Gasteiger partial charge in [0.1, 0.15) is 0 Å². The lowest BCUT2D eigenvalue weighted by molar-refractivity contribution is 0.491. The second kappa shape index (κ2) is 3.42. The van der Waals surface area contributed by atoms with Crippen molar-refractivity contribution >= 4 is 32.3 Å². The van der Waals surface area contributed by atoms with E-state index >= 15 is 0 Å². The van der Waals surface area contributed by atoms with E-state index < -0.39 is 11.3 Å². The normalized spacial score (nSPS) is 11.6. The summed E-state index contributed by atoms with van der Waals surface area (Å²) in [5.41, 5.74) is -1.17. The Kier molecular flexibility index (Phi) is 1.85. The van der Waals surface area contributed by atoms with Crippen molar-refractivity contribution in [3.8, 4) is 0 Å². The molecule has 0 atom stereocenters. The van der Waals surface area contributed by atoms with Gasteiger partial charge in [-0.15, -0.1) is 0 Å². The fourth-order valence-electron chi connectivity index (χ4n) is 2.69. The van der Waals surface area contributed by atoms with E-state index in [2.05, 4.69) is 0 Å². The van der Waals surface area contributed by atoms with Crippen LogP contribution in [0.3, 0.4) is 0 Å². The molecule has 0 spiro atoms. The average Bonchev–Trinajstić information content (AvgIpc) is 2.55. The van der Waals surface area contributed by atoms with Gasteiger partial charge in [0.2, 0.25) is 0 Å². The lowest BCUT2D eigenvalue weighted by Crippen LogP contribution is -2.04. The van der Waals surface area contributed by atoms with Crippen LogP contribution in [0.2, 0.25) is 0 Å². The second-order valence-corrected chi connectivity index (χ2v) is 4.55. The van der Waals surface area contributed by atoms with E-state index in [1.165, 1.54) is 0 Å². The molecular weight excluding hydrogens is 240 g/mol. The molecule has 0 fully saturated rings. The molecule has 90 valence electrons. The van der Waals surface area contributed by atoms with E-state index in [1.54, 1.807) is 24.3 Å². The lowest BCUT2D eigenvalue weighted by atomic mass is 9.98. The van der Waals surface area contributed by atoms with Crippen LogP contribution >= 0.6 is 0 Å². The largest absolute Gasteiger partial charge is 0.386 e. The SMILES string of the molecule is O=c1oc(=O)c2cccc3ccc4cccc1c4c32. The summed E-state index contributed by atoms with van der Waals surface area (Å²) in [6.07, 6.45) is 0. The van der Waals surface area contributed by atoms with Gasteiger partial charge in [-0.3, -0.25) is 0 Å². The maximum absolute atomic E-state index is 12.0. The molecule has 0 radical (unpaired) electrons. The fraction of sp³-hybridized carbons (Fsp3) is 0. The third-order valence-corrected chi connectivity index (χ3v) is 3.51. The molecule has 0 saturated carbocycles. The predicted octanol–water partition coefficient (Wildman–Crippen LogP) is 2.90. The van der Waals surface area contributed by atoms with Crippen molar-refractivity contribution in [1.82, 2.24) is 0 Å². The molecule has 4 aromatic rings. The number of hydrogen-bond donors (Lipinski definition) is 0. The quantitative estimate of drug-likeness (QED) is 0.449. The minimum atomic E-state index is -0.584. The van der Waals surface area contributed by atoms with Crippen LogP contribution in [0.5, 0.6) is 0 Å². The summed E-state index contributed by atoms with van der Waals surface area (Å²) in [5.74, 6) is 0. The molecule has 3 aromatic carbocycles. The van der Waals surface area contributed by atoms with Gasteiger partial charge in [0.25, 0.3) is 0 Å². The first-order chi connectivity index (χ1) is 9.25. The zero-order valence-corrected chi connectivity index (χ0v) is 9.84. The Morgan fingerprint density at radius 1 is 0.632 bits per heavy atom. The van der Waals surface area contributed by atoms with Gasteiger partial charge in [-0.05, 0) is 22.9 Å². The van der Waals surface area contributed by atoms with Crippen LogP contribution in [0.4, 0.5) is 0 Å². The van der Waals surface area contributed by atoms with Crippen LogP contribution in [0, 0.1) is 0 Å². The molecule has 0 saturated heterocycles. The van der Waals surface area contributed by atoms with E-state index in [0.29, 0.717) is 10.8 Å². The Morgan fingerprint density at radius 3 is 1.58 bits per heavy atom. The van der Waals surface area contributed by atoms with Crippen molar-refractivity contribution in [2.75, 3.05) is 0 Å². The molecule has 3 heteroatoms. The average molecular weight is 248 g/mol. The molecular formula is C16H8O3. The van der Waals surface area contributed by atoms with E-state index in [4.69, 9.17) is 4.42 Å². The van der Waals surface area contributed by atoms with Gasteiger partial charge < -0.3 is 4.42 Å². The molecule has 0 aliphatic rings. The summed E-state index contributed by atoms with van der Waals surface area (Å²) in [5, 5.41) is 4.36. The highest BCUT2D eigenvalue weighted by Crippen LogP contribution is 2.30. The van der Waals surface area contributed by atoms with E-state index in [1.807, 2.05) is 24.3 Å². The van der Waals surface area contributed by atoms with Crippen molar-refractivity contribution < 1.29 is 4.42 Å². The van der Waals surface area contributed by atoms with E-state index in [-0.39, 0.29) is 0 Å². The Hall–Kier alpha value is -2.68. The molecule has 4 rings (SSSR count). The van der Waals surface area contributed by atoms with E-state index in [0.717, 1.165) is 21.5 Å². The summed E-state index contributed by atoms with van der Waals surface area (Å²) in [6, 6.07) is 14.7. The van der Waals surface area contributed by atoms with E-state index in [9.17, 15) is 9.59 Å². The number of benzene rings is 3. The van der Waals surface area contributed by atoms with Crippen LogP contribution in [-0.2, 0) is 0 Å². The molecule has 0 unspecified atom stereocenters. The third kappa shape index (κ3) is 1.27. The summed E-state index contributed by atoms with van der Waals surface area (Å²) in [4.78, 5) is 24.0. The molecule has 19 heavy (non-hydrogen) atoms. The van der Waals surface area contributed by atoms with Gasteiger partial charge in [0.15, 0.2) is 0 Å². The topological polar surface area (TPSA) is 47.3 Å². The fourth-order valence-corrected chi connectivity index (χ4v) is 2.69. The standard InChI is InChI=1S/C16H8O3/c17-15-11-5-1-3-9-7-8-10-4-2-6-12(16(18)19-15)14(10)13(9)11/h1-8H. The summed E-state index contributed by atoms with van der Waals surface area (Å²) >= 11 is 0. The van der Waals surface area contributed by atoms with Gasteiger partial charge >= 0.3 is 11.3 Å². The van der Waals surface area contributed by atoms with Crippen LogP contribution in [0.1, 0.15) is 0 Å². The first-order valence-electron chi connectivity index (χ1n) is 5.97. The molecule has 0 bridgehead atoms. The van der Waals surface area contributed by atoms with Crippen molar-refractivity contribution in [3.05, 3.63) is 69.4 Å². The molecule has 1 heterocycles. The van der Waals surface area contributed by atoms with Crippen LogP contribution in [0.25, 0.3) is 32.3 Å². The summed E-state index contributed by atoms with van der Waals surface area (Å²) < 4.78 is 4.90. The molecule has 0 N–H and O–H groups in total. The number of hydrogen-bond acceptors (Lipinski definition) is 3. The highest BCUT2D eigenvalue weighted by atomic mass is 16.4. The first kappa shape index (κ1) is 10.3. The molecule has 0 aliphatic carbocycles. The monoisotopic (exact) mass is 248 g/mol. The van der Waals surface area contributed by atoms with Crippen LogP contribution < -0.4 is 11.3 Å². The first-order valence-corrected chi connectivity index (χ1v) is 5.97. The van der Waals surface area contributed by atoms with Gasteiger partial charge in [0, 0.05) is 10.8 Å². The van der Waals surface area contributed by atoms with Gasteiger partial charge in [0.05, 0.1) is 10.8 Å². The van der Waals surface area contributed by atoms with Gasteiger partial charge in [-0.1, -0.05) is 36.4 Å². The minimum Gasteiger partial charge on any atom is -0.386 e. The van der Waals surface area contributed by atoms with Crippen LogP contribution in [-0.4, -0.2) is 0 Å². The van der Waals surface area contributed by atoms with Gasteiger partial charge in [-0.25, -0.2) is 9.59 Å². The molecule has 0 amide bonds. The Labute approximate surface area is 107 Å². The Morgan fingerprint density at radius 2 is 1.11 bits per heavy atom. The lowest BCUT2D eigenvalue weighted by Gasteiger charge is -2.04. The van der Waals surface area contributed by atoms with Crippen molar-refractivity contribution in [1.29, 1.82) is 0 Å². The molecule has 0 aliphatic heterocycles. The predicted molar refractivity (Wildman–Crippen MR) is 75.0 cm³/mol. The zero-order valence-electron chi connectivity index (χ0n) is 9.84. The third-order valence-electron chi connectivity index (χ3n) is 3.51.